The first-order valence-electron chi connectivity index (χ1n) is 8.22. The highest BCUT2D eigenvalue weighted by Gasteiger charge is 2.24. The monoisotopic (exact) mass is 308 g/mol. The van der Waals surface area contributed by atoms with Gasteiger partial charge in [-0.25, -0.2) is 0 Å². The van der Waals surface area contributed by atoms with Gasteiger partial charge in [0.25, 0.3) is 0 Å². The molecule has 2 nitrogen and oxygen atoms in total. The van der Waals surface area contributed by atoms with Gasteiger partial charge in [0, 0.05) is 35.9 Å². The van der Waals surface area contributed by atoms with E-state index < -0.39 is 0 Å². The van der Waals surface area contributed by atoms with Gasteiger partial charge in [0.05, 0.1) is 0 Å². The molecule has 1 aromatic rings. The highest BCUT2D eigenvalue weighted by molar-refractivity contribution is 6.31. The molecule has 1 saturated heterocycles. The van der Waals surface area contributed by atoms with Crippen LogP contribution in [-0.2, 0) is 6.54 Å². The van der Waals surface area contributed by atoms with Crippen LogP contribution in [0.1, 0.15) is 39.7 Å². The average molecular weight is 309 g/mol. The molecule has 0 aliphatic carbocycles. The Morgan fingerprint density at radius 2 is 2.05 bits per heavy atom. The maximum atomic E-state index is 6.46. The molecule has 0 spiro atoms. The number of rotatable bonds is 5. The Bertz CT molecular complexity index is 459. The fourth-order valence-electron chi connectivity index (χ4n) is 2.99. The summed E-state index contributed by atoms with van der Waals surface area (Å²) in [5.41, 5.74) is 2.57. The van der Waals surface area contributed by atoms with Gasteiger partial charge < -0.3 is 10.2 Å². The smallest absolute Gasteiger partial charge is 0.0471 e. The van der Waals surface area contributed by atoms with E-state index in [1.165, 1.54) is 17.7 Å². The van der Waals surface area contributed by atoms with Crippen molar-refractivity contribution < 1.29 is 0 Å². The van der Waals surface area contributed by atoms with Gasteiger partial charge in [-0.15, -0.1) is 0 Å². The molecule has 0 amide bonds. The minimum atomic E-state index is 0.659. The normalized spacial score (nSPS) is 22.9. The Hall–Kier alpha value is -0.730. The van der Waals surface area contributed by atoms with Crippen LogP contribution >= 0.6 is 11.6 Å². The Labute approximate surface area is 134 Å². The molecular formula is C18H29ClN2. The van der Waals surface area contributed by atoms with Crippen molar-refractivity contribution in [3.05, 3.63) is 28.8 Å². The zero-order valence-electron chi connectivity index (χ0n) is 13.8. The van der Waals surface area contributed by atoms with E-state index in [-0.39, 0.29) is 0 Å². The zero-order chi connectivity index (χ0) is 15.4. The van der Waals surface area contributed by atoms with Crippen molar-refractivity contribution in [3.63, 3.8) is 0 Å². The van der Waals surface area contributed by atoms with Crippen LogP contribution < -0.4 is 10.2 Å². The molecule has 2 rings (SSSR count). The van der Waals surface area contributed by atoms with Crippen LogP contribution in [0.25, 0.3) is 0 Å². The molecular weight excluding hydrogens is 280 g/mol. The fourth-order valence-corrected chi connectivity index (χ4v) is 3.22. The second-order valence-corrected chi connectivity index (χ2v) is 7.36. The number of benzene rings is 1. The van der Waals surface area contributed by atoms with Crippen molar-refractivity contribution in [2.75, 3.05) is 24.5 Å². The molecule has 118 valence electrons. The van der Waals surface area contributed by atoms with Crippen LogP contribution in [0.4, 0.5) is 5.69 Å². The first-order valence-corrected chi connectivity index (χ1v) is 8.60. The first-order chi connectivity index (χ1) is 9.99. The van der Waals surface area contributed by atoms with E-state index >= 15 is 0 Å². The molecule has 1 heterocycles. The lowest BCUT2D eigenvalue weighted by atomic mass is 9.88. The molecule has 2 unspecified atom stereocenters. The van der Waals surface area contributed by atoms with E-state index in [1.807, 2.05) is 6.07 Å². The summed E-state index contributed by atoms with van der Waals surface area (Å²) in [6, 6.07) is 6.31. The third kappa shape index (κ3) is 4.37. The molecule has 3 heteroatoms. The van der Waals surface area contributed by atoms with E-state index in [1.54, 1.807) is 0 Å². The van der Waals surface area contributed by atoms with Gasteiger partial charge in [0.15, 0.2) is 0 Å². The lowest BCUT2D eigenvalue weighted by Crippen LogP contribution is -2.39. The minimum absolute atomic E-state index is 0.659. The fraction of sp³-hybridized carbons (Fsp3) is 0.667. The molecule has 0 aromatic heterocycles. The van der Waals surface area contributed by atoms with Gasteiger partial charge in [-0.3, -0.25) is 0 Å². The number of piperidine rings is 1. The Morgan fingerprint density at radius 3 is 2.71 bits per heavy atom. The lowest BCUT2D eigenvalue weighted by molar-refractivity contribution is 0.323. The molecule has 1 aliphatic rings. The van der Waals surface area contributed by atoms with E-state index in [2.05, 4.69) is 50.0 Å². The maximum Gasteiger partial charge on any atom is 0.0471 e. The molecule has 1 N–H and O–H groups in total. The third-order valence-corrected chi connectivity index (χ3v) is 4.98. The quantitative estimate of drug-likeness (QED) is 0.857. The van der Waals surface area contributed by atoms with Gasteiger partial charge in [-0.05, 0) is 42.9 Å². The van der Waals surface area contributed by atoms with Crippen LogP contribution in [0.3, 0.4) is 0 Å². The largest absolute Gasteiger partial charge is 0.371 e. The summed E-state index contributed by atoms with van der Waals surface area (Å²) in [4.78, 5) is 2.52. The third-order valence-electron chi connectivity index (χ3n) is 4.62. The molecule has 0 saturated carbocycles. The Kier molecular flexibility index (Phi) is 5.95. The van der Waals surface area contributed by atoms with Crippen LogP contribution in [0.2, 0.25) is 5.02 Å². The SMILES string of the molecule is CC(C)CNCc1c(Cl)cccc1N1CCC(C)C(C)C1. The van der Waals surface area contributed by atoms with Crippen molar-refractivity contribution in [1.82, 2.24) is 5.32 Å². The molecule has 1 aliphatic heterocycles. The summed E-state index contributed by atoms with van der Waals surface area (Å²) in [6.07, 6.45) is 1.27. The number of hydrogen-bond acceptors (Lipinski definition) is 2. The van der Waals surface area contributed by atoms with Crippen molar-refractivity contribution >= 4 is 17.3 Å². The molecule has 2 atom stereocenters. The van der Waals surface area contributed by atoms with E-state index in [0.29, 0.717) is 5.92 Å². The van der Waals surface area contributed by atoms with Crippen molar-refractivity contribution in [2.24, 2.45) is 17.8 Å². The van der Waals surface area contributed by atoms with E-state index in [4.69, 9.17) is 11.6 Å². The second kappa shape index (κ2) is 7.51. The van der Waals surface area contributed by atoms with Crippen molar-refractivity contribution in [3.8, 4) is 0 Å². The minimum Gasteiger partial charge on any atom is -0.371 e. The van der Waals surface area contributed by atoms with Gasteiger partial charge in [-0.1, -0.05) is 45.4 Å². The summed E-state index contributed by atoms with van der Waals surface area (Å²) >= 11 is 6.46. The van der Waals surface area contributed by atoms with Crippen molar-refractivity contribution in [1.29, 1.82) is 0 Å². The van der Waals surface area contributed by atoms with Gasteiger partial charge in [0.2, 0.25) is 0 Å². The molecule has 0 radical (unpaired) electrons. The predicted octanol–water partition coefficient (Wildman–Crippen LogP) is 4.57. The summed E-state index contributed by atoms with van der Waals surface area (Å²) in [7, 11) is 0. The van der Waals surface area contributed by atoms with Crippen LogP contribution in [0.15, 0.2) is 18.2 Å². The zero-order valence-corrected chi connectivity index (χ0v) is 14.6. The molecule has 1 fully saturated rings. The van der Waals surface area contributed by atoms with Crippen LogP contribution in [0, 0.1) is 17.8 Å². The number of nitrogens with one attached hydrogen (secondary N) is 1. The van der Waals surface area contributed by atoms with Gasteiger partial charge in [0.1, 0.15) is 0 Å². The number of halogens is 1. The Morgan fingerprint density at radius 1 is 1.29 bits per heavy atom. The molecule has 21 heavy (non-hydrogen) atoms. The van der Waals surface area contributed by atoms with Crippen molar-refractivity contribution in [2.45, 2.75) is 40.7 Å². The average Bonchev–Trinajstić information content (AvgIpc) is 2.43. The van der Waals surface area contributed by atoms with E-state index in [9.17, 15) is 0 Å². The Balaban J connectivity index is 2.13. The first kappa shape index (κ1) is 16.6. The highest BCUT2D eigenvalue weighted by Crippen LogP contribution is 2.32. The van der Waals surface area contributed by atoms with Crippen LogP contribution in [0.5, 0.6) is 0 Å². The van der Waals surface area contributed by atoms with Gasteiger partial charge >= 0.3 is 0 Å². The summed E-state index contributed by atoms with van der Waals surface area (Å²) in [5, 5.41) is 4.41. The predicted molar refractivity (Wildman–Crippen MR) is 93.2 cm³/mol. The lowest BCUT2D eigenvalue weighted by Gasteiger charge is -2.38. The summed E-state index contributed by atoms with van der Waals surface area (Å²) < 4.78 is 0. The summed E-state index contributed by atoms with van der Waals surface area (Å²) in [5.74, 6) is 2.23. The summed E-state index contributed by atoms with van der Waals surface area (Å²) in [6.45, 7) is 13.3. The standard InChI is InChI=1S/C18H29ClN2/c1-13(2)10-20-11-16-17(19)6-5-7-18(16)21-9-8-14(3)15(4)12-21/h5-7,13-15,20H,8-12H2,1-4H3. The van der Waals surface area contributed by atoms with E-state index in [0.717, 1.165) is 43.0 Å². The topological polar surface area (TPSA) is 15.3 Å². The highest BCUT2D eigenvalue weighted by atomic mass is 35.5. The van der Waals surface area contributed by atoms with Crippen LogP contribution in [-0.4, -0.2) is 19.6 Å². The molecule has 0 bridgehead atoms. The van der Waals surface area contributed by atoms with Gasteiger partial charge in [-0.2, -0.15) is 0 Å². The maximum absolute atomic E-state index is 6.46. The molecule has 1 aromatic carbocycles. The number of hydrogen-bond donors (Lipinski definition) is 1. The number of anilines is 1. The number of nitrogens with zero attached hydrogens (tertiary/aromatic N) is 1. The second-order valence-electron chi connectivity index (χ2n) is 6.95.